The Balaban J connectivity index is 1.87. The third-order valence-electron chi connectivity index (χ3n) is 4.77. The van der Waals surface area contributed by atoms with Gasteiger partial charge < -0.3 is 20.7 Å². The van der Waals surface area contributed by atoms with Crippen molar-refractivity contribution in [1.82, 2.24) is 15.1 Å². The molecule has 3 N–H and O–H groups in total. The summed E-state index contributed by atoms with van der Waals surface area (Å²) >= 11 is 6.31. The summed E-state index contributed by atoms with van der Waals surface area (Å²) < 4.78 is 6.01. The molecule has 1 saturated heterocycles. The van der Waals surface area contributed by atoms with E-state index in [1.165, 1.54) is 0 Å². The van der Waals surface area contributed by atoms with Crippen LogP contribution in [0.5, 0.6) is 5.75 Å². The third-order valence-corrected chi connectivity index (χ3v) is 5.06. The Morgan fingerprint density at radius 3 is 2.59 bits per heavy atom. The summed E-state index contributed by atoms with van der Waals surface area (Å²) in [6.45, 7) is 4.66. The first kappa shape index (κ1) is 21.5. The van der Waals surface area contributed by atoms with Gasteiger partial charge in [-0.15, -0.1) is 0 Å². The van der Waals surface area contributed by atoms with E-state index in [1.807, 2.05) is 25.9 Å². The number of nitrogens with zero attached hydrogens (tertiary/aromatic N) is 2. The molecule has 7 nitrogen and oxygen atoms in total. The normalized spacial score (nSPS) is 16.9. The first-order chi connectivity index (χ1) is 12.8. The van der Waals surface area contributed by atoms with Crippen LogP contribution in [-0.4, -0.2) is 74.0 Å². The van der Waals surface area contributed by atoms with Crippen molar-refractivity contribution in [2.75, 3.05) is 40.3 Å². The maximum absolute atomic E-state index is 12.2. The number of benzene rings is 1. The molecule has 1 fully saturated rings. The average Bonchev–Trinajstić information content (AvgIpc) is 2.63. The summed E-state index contributed by atoms with van der Waals surface area (Å²) in [5, 5.41) is 3.28. The molecule has 1 aliphatic heterocycles. The van der Waals surface area contributed by atoms with Gasteiger partial charge in [0, 0.05) is 31.7 Å². The maximum Gasteiger partial charge on any atom is 0.251 e. The summed E-state index contributed by atoms with van der Waals surface area (Å²) in [4.78, 5) is 27.5. The first-order valence-corrected chi connectivity index (χ1v) is 9.58. The highest BCUT2D eigenvalue weighted by molar-refractivity contribution is 6.32. The van der Waals surface area contributed by atoms with Crippen molar-refractivity contribution >= 4 is 23.4 Å². The van der Waals surface area contributed by atoms with E-state index in [0.29, 0.717) is 22.9 Å². The highest BCUT2D eigenvalue weighted by Crippen LogP contribution is 2.28. The molecule has 1 heterocycles. The van der Waals surface area contributed by atoms with E-state index in [-0.39, 0.29) is 24.0 Å². The van der Waals surface area contributed by atoms with Crippen LogP contribution < -0.4 is 15.8 Å². The predicted octanol–water partition coefficient (Wildman–Crippen LogP) is 1.35. The van der Waals surface area contributed by atoms with Crippen LogP contribution in [0.1, 0.15) is 30.1 Å². The summed E-state index contributed by atoms with van der Waals surface area (Å²) in [7, 11) is 3.91. The molecule has 0 bridgehead atoms. The molecule has 8 heteroatoms. The topological polar surface area (TPSA) is 87.9 Å². The van der Waals surface area contributed by atoms with Crippen LogP contribution in [0.2, 0.25) is 5.02 Å². The number of ether oxygens (including phenoxy) is 1. The van der Waals surface area contributed by atoms with Crippen molar-refractivity contribution < 1.29 is 14.3 Å². The molecule has 1 aliphatic rings. The molecule has 2 amide bonds. The Morgan fingerprint density at radius 1 is 1.37 bits per heavy atom. The van der Waals surface area contributed by atoms with Crippen molar-refractivity contribution in [2.24, 2.45) is 5.73 Å². The summed E-state index contributed by atoms with van der Waals surface area (Å²) in [5.41, 5.74) is 5.87. The minimum atomic E-state index is -0.308. The van der Waals surface area contributed by atoms with Crippen LogP contribution in [0.3, 0.4) is 0 Å². The van der Waals surface area contributed by atoms with Crippen molar-refractivity contribution in [1.29, 1.82) is 0 Å². The number of halogens is 1. The zero-order valence-corrected chi connectivity index (χ0v) is 17.0. The number of likely N-dealkylation sites (tertiary alicyclic amines) is 1. The van der Waals surface area contributed by atoms with E-state index in [9.17, 15) is 9.59 Å². The van der Waals surface area contributed by atoms with Gasteiger partial charge in [0.05, 0.1) is 11.1 Å². The molecule has 150 valence electrons. The molecule has 0 saturated carbocycles. The van der Waals surface area contributed by atoms with Gasteiger partial charge in [-0.05, 0) is 52.1 Å². The van der Waals surface area contributed by atoms with E-state index in [0.717, 1.165) is 32.5 Å². The van der Waals surface area contributed by atoms with E-state index in [2.05, 4.69) is 10.2 Å². The predicted molar refractivity (Wildman–Crippen MR) is 106 cm³/mol. The monoisotopic (exact) mass is 396 g/mol. The fourth-order valence-corrected chi connectivity index (χ4v) is 3.20. The first-order valence-electron chi connectivity index (χ1n) is 9.20. The van der Waals surface area contributed by atoms with E-state index in [1.54, 1.807) is 18.2 Å². The lowest BCUT2D eigenvalue weighted by molar-refractivity contribution is -0.123. The molecule has 0 unspecified atom stereocenters. The minimum Gasteiger partial charge on any atom is -0.489 e. The maximum atomic E-state index is 12.2. The zero-order chi connectivity index (χ0) is 20.0. The zero-order valence-electron chi connectivity index (χ0n) is 16.2. The molecule has 27 heavy (non-hydrogen) atoms. The SMILES string of the molecule is C[C@H](C(N)=O)N1CCC(Oc2ccc(C(=O)NCCN(C)C)cc2Cl)CC1. The second kappa shape index (κ2) is 9.92. The van der Waals surface area contributed by atoms with Gasteiger partial charge >= 0.3 is 0 Å². The van der Waals surface area contributed by atoms with Gasteiger partial charge in [0.15, 0.2) is 0 Å². The Bertz CT molecular complexity index is 660. The number of amides is 2. The third kappa shape index (κ3) is 6.37. The number of nitrogens with one attached hydrogen (secondary N) is 1. The van der Waals surface area contributed by atoms with Gasteiger partial charge in [-0.2, -0.15) is 0 Å². The number of rotatable bonds is 8. The van der Waals surface area contributed by atoms with Gasteiger partial charge in [0.25, 0.3) is 5.91 Å². The highest BCUT2D eigenvalue weighted by Gasteiger charge is 2.26. The number of carbonyl (C=O) groups excluding carboxylic acids is 2. The van der Waals surface area contributed by atoms with E-state index >= 15 is 0 Å². The number of hydrogen-bond acceptors (Lipinski definition) is 5. The molecular weight excluding hydrogens is 368 g/mol. The lowest BCUT2D eigenvalue weighted by atomic mass is 10.1. The number of piperidine rings is 1. The Kier molecular flexibility index (Phi) is 7.89. The van der Waals surface area contributed by atoms with Crippen molar-refractivity contribution in [3.63, 3.8) is 0 Å². The quantitative estimate of drug-likeness (QED) is 0.692. The number of carbonyl (C=O) groups is 2. The van der Waals surface area contributed by atoms with Crippen LogP contribution >= 0.6 is 11.6 Å². The fourth-order valence-electron chi connectivity index (χ4n) is 2.97. The van der Waals surface area contributed by atoms with Crippen LogP contribution in [0.25, 0.3) is 0 Å². The van der Waals surface area contributed by atoms with Gasteiger partial charge in [0.1, 0.15) is 11.9 Å². The molecule has 0 aliphatic carbocycles. The Morgan fingerprint density at radius 2 is 2.04 bits per heavy atom. The molecule has 1 atom stereocenters. The minimum absolute atomic E-state index is 0.0265. The summed E-state index contributed by atoms with van der Waals surface area (Å²) in [6, 6.07) is 4.82. The van der Waals surface area contributed by atoms with Gasteiger partial charge in [-0.25, -0.2) is 0 Å². The van der Waals surface area contributed by atoms with Crippen molar-refractivity contribution in [2.45, 2.75) is 31.9 Å². The van der Waals surface area contributed by atoms with Crippen molar-refractivity contribution in [3.8, 4) is 5.75 Å². The van der Waals surface area contributed by atoms with E-state index in [4.69, 9.17) is 22.1 Å². The van der Waals surface area contributed by atoms with Crippen LogP contribution in [0, 0.1) is 0 Å². The summed E-state index contributed by atoms with van der Waals surface area (Å²) in [5.74, 6) is 0.110. The number of likely N-dealkylation sites (N-methyl/N-ethyl adjacent to an activating group) is 1. The molecular formula is C19H29ClN4O3. The molecule has 1 aromatic rings. The molecule has 0 aromatic heterocycles. The van der Waals surface area contributed by atoms with E-state index < -0.39 is 0 Å². The largest absolute Gasteiger partial charge is 0.489 e. The second-order valence-electron chi connectivity index (χ2n) is 7.14. The summed E-state index contributed by atoms with van der Waals surface area (Å²) in [6.07, 6.45) is 1.61. The molecule has 2 rings (SSSR count). The van der Waals surface area contributed by atoms with Gasteiger partial charge in [0.2, 0.25) is 5.91 Å². The van der Waals surface area contributed by atoms with Crippen LogP contribution in [0.4, 0.5) is 0 Å². The lowest BCUT2D eigenvalue weighted by Crippen LogP contribution is -2.48. The number of hydrogen-bond donors (Lipinski definition) is 2. The Labute approximate surface area is 165 Å². The highest BCUT2D eigenvalue weighted by atomic mass is 35.5. The number of primary amides is 1. The fraction of sp³-hybridized carbons (Fsp3) is 0.579. The lowest BCUT2D eigenvalue weighted by Gasteiger charge is -2.34. The molecule has 0 spiro atoms. The molecule has 1 aromatic carbocycles. The molecule has 0 radical (unpaired) electrons. The van der Waals surface area contributed by atoms with Crippen LogP contribution in [0.15, 0.2) is 18.2 Å². The van der Waals surface area contributed by atoms with Crippen LogP contribution in [-0.2, 0) is 4.79 Å². The average molecular weight is 397 g/mol. The van der Waals surface area contributed by atoms with Gasteiger partial charge in [-0.3, -0.25) is 14.5 Å². The van der Waals surface area contributed by atoms with Crippen molar-refractivity contribution in [3.05, 3.63) is 28.8 Å². The Hall–Kier alpha value is -1.83. The standard InChI is InChI=1S/C19H29ClN4O3/c1-13(18(21)25)24-9-6-15(7-10-24)27-17-5-4-14(12-16(17)20)19(26)22-8-11-23(2)3/h4-5,12-13,15H,6-11H2,1-3H3,(H2,21,25)(H,22,26)/t13-/m1/s1. The number of nitrogens with two attached hydrogens (primary N) is 1. The smallest absolute Gasteiger partial charge is 0.251 e. The van der Waals surface area contributed by atoms with Gasteiger partial charge in [-0.1, -0.05) is 11.6 Å². The second-order valence-corrected chi connectivity index (χ2v) is 7.54.